The largest absolute Gasteiger partial charge is 0.351 e. The molecule has 0 bridgehead atoms. The second kappa shape index (κ2) is 7.42. The van der Waals surface area contributed by atoms with E-state index in [-0.39, 0.29) is 54.6 Å². The summed E-state index contributed by atoms with van der Waals surface area (Å²) in [5, 5.41) is 6.15. The SMILES string of the molecule is Cl.O=C(CN1C(=O)C2CCCCC2C1=O)NC1CCCNC1. The summed E-state index contributed by atoms with van der Waals surface area (Å²) in [6.45, 7) is 1.64. The predicted octanol–water partition coefficient (Wildman–Crippen LogP) is 0.452. The number of fused-ring (bicyclic) bond motifs is 1. The van der Waals surface area contributed by atoms with Crippen molar-refractivity contribution in [2.45, 2.75) is 44.6 Å². The van der Waals surface area contributed by atoms with Crippen molar-refractivity contribution in [2.75, 3.05) is 19.6 Å². The van der Waals surface area contributed by atoms with Gasteiger partial charge in [-0.3, -0.25) is 19.3 Å². The number of nitrogens with zero attached hydrogens (tertiary/aromatic N) is 1. The maximum Gasteiger partial charge on any atom is 0.240 e. The fourth-order valence-corrected chi connectivity index (χ4v) is 3.78. The first kappa shape index (κ1) is 17.2. The van der Waals surface area contributed by atoms with Gasteiger partial charge in [-0.2, -0.15) is 0 Å². The van der Waals surface area contributed by atoms with E-state index in [1.165, 1.54) is 4.90 Å². The third-order valence-electron chi connectivity index (χ3n) is 4.90. The van der Waals surface area contributed by atoms with Gasteiger partial charge < -0.3 is 10.6 Å². The van der Waals surface area contributed by atoms with E-state index in [1.54, 1.807) is 0 Å². The Morgan fingerprint density at radius 2 is 1.73 bits per heavy atom. The summed E-state index contributed by atoms with van der Waals surface area (Å²) >= 11 is 0. The van der Waals surface area contributed by atoms with Crippen molar-refractivity contribution in [1.82, 2.24) is 15.5 Å². The van der Waals surface area contributed by atoms with Crippen LogP contribution in [0.3, 0.4) is 0 Å². The van der Waals surface area contributed by atoms with Crippen LogP contribution in [-0.4, -0.2) is 48.3 Å². The number of hydrogen-bond donors (Lipinski definition) is 2. The van der Waals surface area contributed by atoms with E-state index < -0.39 is 0 Å². The molecule has 2 heterocycles. The van der Waals surface area contributed by atoms with E-state index in [0.29, 0.717) is 0 Å². The molecule has 3 atom stereocenters. The third kappa shape index (κ3) is 3.43. The lowest BCUT2D eigenvalue weighted by Gasteiger charge is -2.24. The van der Waals surface area contributed by atoms with Crippen LogP contribution in [0.25, 0.3) is 0 Å². The molecule has 3 fully saturated rings. The van der Waals surface area contributed by atoms with Gasteiger partial charge in [0.15, 0.2) is 0 Å². The number of nitrogens with one attached hydrogen (secondary N) is 2. The van der Waals surface area contributed by atoms with Crippen LogP contribution in [0.1, 0.15) is 38.5 Å². The Morgan fingerprint density at radius 3 is 2.27 bits per heavy atom. The van der Waals surface area contributed by atoms with E-state index >= 15 is 0 Å². The molecule has 22 heavy (non-hydrogen) atoms. The van der Waals surface area contributed by atoms with Gasteiger partial charge in [-0.1, -0.05) is 12.8 Å². The number of halogens is 1. The highest BCUT2D eigenvalue weighted by Gasteiger charge is 2.48. The topological polar surface area (TPSA) is 78.5 Å². The molecule has 0 aromatic carbocycles. The molecule has 1 saturated carbocycles. The standard InChI is InChI=1S/C15H23N3O3.ClH/c19-13(17-10-4-3-7-16-8-10)9-18-14(20)11-5-1-2-6-12(11)15(18)21;/h10-12,16H,1-9H2,(H,17,19);1H. The number of rotatable bonds is 3. The predicted molar refractivity (Wildman–Crippen MR) is 83.5 cm³/mol. The summed E-state index contributed by atoms with van der Waals surface area (Å²) in [7, 11) is 0. The number of carbonyl (C=O) groups is 3. The van der Waals surface area contributed by atoms with Crippen molar-refractivity contribution < 1.29 is 14.4 Å². The molecule has 0 aromatic rings. The van der Waals surface area contributed by atoms with Gasteiger partial charge >= 0.3 is 0 Å². The molecule has 2 aliphatic heterocycles. The van der Waals surface area contributed by atoms with Gasteiger partial charge in [-0.15, -0.1) is 12.4 Å². The number of carbonyl (C=O) groups excluding carboxylic acids is 3. The van der Waals surface area contributed by atoms with E-state index in [1.807, 2.05) is 0 Å². The van der Waals surface area contributed by atoms with E-state index in [9.17, 15) is 14.4 Å². The van der Waals surface area contributed by atoms with Crippen molar-refractivity contribution in [3.8, 4) is 0 Å². The van der Waals surface area contributed by atoms with Crippen LogP contribution < -0.4 is 10.6 Å². The molecule has 1 aliphatic carbocycles. The summed E-state index contributed by atoms with van der Waals surface area (Å²) in [5.41, 5.74) is 0. The van der Waals surface area contributed by atoms with Gasteiger partial charge in [-0.25, -0.2) is 0 Å². The molecule has 0 aromatic heterocycles. The molecule has 0 radical (unpaired) electrons. The Bertz CT molecular complexity index is 427. The second-order valence-corrected chi connectivity index (χ2v) is 6.37. The average molecular weight is 330 g/mol. The number of hydrogen-bond acceptors (Lipinski definition) is 4. The van der Waals surface area contributed by atoms with Gasteiger partial charge in [0.25, 0.3) is 0 Å². The Morgan fingerprint density at radius 1 is 1.09 bits per heavy atom. The molecule has 124 valence electrons. The number of imide groups is 1. The zero-order valence-electron chi connectivity index (χ0n) is 12.7. The highest BCUT2D eigenvalue weighted by atomic mass is 35.5. The molecular weight excluding hydrogens is 306 g/mol. The maximum atomic E-state index is 12.3. The molecule has 3 amide bonds. The summed E-state index contributed by atoms with van der Waals surface area (Å²) in [6.07, 6.45) is 5.59. The first-order valence-electron chi connectivity index (χ1n) is 8.02. The van der Waals surface area contributed by atoms with Gasteiger partial charge in [0.1, 0.15) is 6.54 Å². The lowest BCUT2D eigenvalue weighted by atomic mass is 9.81. The quantitative estimate of drug-likeness (QED) is 0.737. The van der Waals surface area contributed by atoms with E-state index in [0.717, 1.165) is 51.6 Å². The van der Waals surface area contributed by atoms with Crippen LogP contribution in [0, 0.1) is 11.8 Å². The minimum atomic E-state index is -0.218. The van der Waals surface area contributed by atoms with Crippen LogP contribution in [-0.2, 0) is 14.4 Å². The van der Waals surface area contributed by atoms with Gasteiger partial charge in [0.05, 0.1) is 11.8 Å². The minimum absolute atomic E-state index is 0. The fraction of sp³-hybridized carbons (Fsp3) is 0.800. The molecule has 7 heteroatoms. The molecule has 0 spiro atoms. The van der Waals surface area contributed by atoms with Crippen LogP contribution >= 0.6 is 12.4 Å². The summed E-state index contributed by atoms with van der Waals surface area (Å²) in [6, 6.07) is 0.112. The number of likely N-dealkylation sites (tertiary alicyclic amines) is 1. The Kier molecular flexibility index (Phi) is 5.81. The lowest BCUT2D eigenvalue weighted by molar-refractivity contribution is -0.143. The smallest absolute Gasteiger partial charge is 0.240 e. The molecular formula is C15H24ClN3O3. The van der Waals surface area contributed by atoms with Crippen molar-refractivity contribution in [3.63, 3.8) is 0 Å². The normalized spacial score (nSPS) is 31.5. The highest BCUT2D eigenvalue weighted by Crippen LogP contribution is 2.37. The molecule has 3 unspecified atom stereocenters. The zero-order valence-corrected chi connectivity index (χ0v) is 13.5. The van der Waals surface area contributed by atoms with Crippen LogP contribution in [0.2, 0.25) is 0 Å². The van der Waals surface area contributed by atoms with Crippen molar-refractivity contribution in [1.29, 1.82) is 0 Å². The summed E-state index contributed by atoms with van der Waals surface area (Å²) in [4.78, 5) is 37.8. The Hall–Kier alpha value is -1.14. The lowest BCUT2D eigenvalue weighted by Crippen LogP contribution is -2.49. The monoisotopic (exact) mass is 329 g/mol. The Balaban J connectivity index is 0.00000176. The molecule has 3 aliphatic rings. The van der Waals surface area contributed by atoms with Crippen molar-refractivity contribution in [3.05, 3.63) is 0 Å². The fourth-order valence-electron chi connectivity index (χ4n) is 3.78. The average Bonchev–Trinajstić information content (AvgIpc) is 2.74. The van der Waals surface area contributed by atoms with Gasteiger partial charge in [-0.05, 0) is 32.2 Å². The van der Waals surface area contributed by atoms with Crippen LogP contribution in [0.5, 0.6) is 0 Å². The van der Waals surface area contributed by atoms with Crippen molar-refractivity contribution >= 4 is 30.1 Å². The van der Waals surface area contributed by atoms with E-state index in [2.05, 4.69) is 10.6 Å². The Labute approximate surface area is 136 Å². The summed E-state index contributed by atoms with van der Waals surface area (Å²) in [5.74, 6) is -0.835. The first-order valence-corrected chi connectivity index (χ1v) is 8.02. The second-order valence-electron chi connectivity index (χ2n) is 6.37. The molecule has 2 saturated heterocycles. The highest BCUT2D eigenvalue weighted by molar-refractivity contribution is 6.07. The maximum absolute atomic E-state index is 12.3. The minimum Gasteiger partial charge on any atom is -0.351 e. The van der Waals surface area contributed by atoms with Gasteiger partial charge in [0, 0.05) is 12.6 Å². The van der Waals surface area contributed by atoms with E-state index in [4.69, 9.17) is 0 Å². The van der Waals surface area contributed by atoms with Gasteiger partial charge in [0.2, 0.25) is 17.7 Å². The molecule has 2 N–H and O–H groups in total. The molecule has 6 nitrogen and oxygen atoms in total. The molecule has 3 rings (SSSR count). The number of amides is 3. The zero-order chi connectivity index (χ0) is 14.8. The summed E-state index contributed by atoms with van der Waals surface area (Å²) < 4.78 is 0. The number of piperidine rings is 1. The van der Waals surface area contributed by atoms with Crippen LogP contribution in [0.15, 0.2) is 0 Å². The third-order valence-corrected chi connectivity index (χ3v) is 4.90. The first-order chi connectivity index (χ1) is 10.2. The van der Waals surface area contributed by atoms with Crippen LogP contribution in [0.4, 0.5) is 0 Å². The van der Waals surface area contributed by atoms with Crippen molar-refractivity contribution in [2.24, 2.45) is 11.8 Å².